The summed E-state index contributed by atoms with van der Waals surface area (Å²) in [6, 6.07) is -0.175. The molecule has 0 aromatic carbocycles. The first-order valence-corrected chi connectivity index (χ1v) is 5.52. The fraction of sp³-hybridized carbons (Fsp3) is 0.800. The van der Waals surface area contributed by atoms with E-state index in [0.717, 1.165) is 19.3 Å². The number of hydrogen-bond acceptors (Lipinski definition) is 3. The lowest BCUT2D eigenvalue weighted by atomic mass is 10.1. The molecule has 0 radical (unpaired) electrons. The second kappa shape index (κ2) is 4.18. The summed E-state index contributed by atoms with van der Waals surface area (Å²) >= 11 is 0. The van der Waals surface area contributed by atoms with Gasteiger partial charge in [0.15, 0.2) is 0 Å². The van der Waals surface area contributed by atoms with Crippen molar-refractivity contribution in [2.24, 2.45) is 5.73 Å². The second-order valence-electron chi connectivity index (χ2n) is 4.37. The fourth-order valence-electron chi connectivity index (χ4n) is 2.26. The lowest BCUT2D eigenvalue weighted by Crippen LogP contribution is -2.50. The Morgan fingerprint density at radius 2 is 2.20 bits per heavy atom. The molecule has 15 heavy (non-hydrogen) atoms. The maximum atomic E-state index is 11.7. The van der Waals surface area contributed by atoms with Crippen molar-refractivity contribution >= 4 is 11.8 Å². The Bertz CT molecular complexity index is 280. The van der Waals surface area contributed by atoms with Gasteiger partial charge in [-0.2, -0.15) is 0 Å². The number of nitrogens with two attached hydrogens (primary N) is 1. The minimum atomic E-state index is -0.342. The van der Waals surface area contributed by atoms with Crippen molar-refractivity contribution in [2.45, 2.75) is 50.2 Å². The molecule has 1 saturated carbocycles. The summed E-state index contributed by atoms with van der Waals surface area (Å²) in [4.78, 5) is 22.7. The third kappa shape index (κ3) is 2.28. The molecular formula is C10H17N3O2. The van der Waals surface area contributed by atoms with Gasteiger partial charge in [-0.15, -0.1) is 0 Å². The van der Waals surface area contributed by atoms with Gasteiger partial charge in [-0.05, 0) is 25.7 Å². The summed E-state index contributed by atoms with van der Waals surface area (Å²) in [5.41, 5.74) is 5.85. The van der Waals surface area contributed by atoms with Crippen LogP contribution in [0.2, 0.25) is 0 Å². The van der Waals surface area contributed by atoms with Crippen LogP contribution < -0.4 is 16.4 Å². The van der Waals surface area contributed by atoms with Crippen molar-refractivity contribution in [1.82, 2.24) is 10.6 Å². The van der Waals surface area contributed by atoms with Gasteiger partial charge in [0.1, 0.15) is 6.04 Å². The molecule has 0 aromatic heterocycles. The van der Waals surface area contributed by atoms with E-state index in [1.807, 2.05) is 0 Å². The van der Waals surface area contributed by atoms with E-state index in [2.05, 4.69) is 10.6 Å². The predicted molar refractivity (Wildman–Crippen MR) is 54.9 cm³/mol. The molecule has 84 valence electrons. The lowest BCUT2D eigenvalue weighted by Gasteiger charge is -2.19. The van der Waals surface area contributed by atoms with Crippen LogP contribution >= 0.6 is 0 Å². The molecule has 2 fully saturated rings. The maximum Gasteiger partial charge on any atom is 0.242 e. The molecule has 3 unspecified atom stereocenters. The smallest absolute Gasteiger partial charge is 0.242 e. The molecule has 1 aliphatic heterocycles. The minimum Gasteiger partial charge on any atom is -0.350 e. The normalized spacial score (nSPS) is 35.3. The van der Waals surface area contributed by atoms with Crippen LogP contribution in [0.4, 0.5) is 0 Å². The zero-order chi connectivity index (χ0) is 10.8. The van der Waals surface area contributed by atoms with Crippen molar-refractivity contribution in [2.75, 3.05) is 0 Å². The van der Waals surface area contributed by atoms with Crippen LogP contribution in [0.1, 0.15) is 32.1 Å². The van der Waals surface area contributed by atoms with E-state index >= 15 is 0 Å². The maximum absolute atomic E-state index is 11.7. The van der Waals surface area contributed by atoms with Gasteiger partial charge >= 0.3 is 0 Å². The number of carbonyl (C=O) groups excluding carboxylic acids is 2. The zero-order valence-corrected chi connectivity index (χ0v) is 8.66. The summed E-state index contributed by atoms with van der Waals surface area (Å²) in [7, 11) is 0. The fourth-order valence-corrected chi connectivity index (χ4v) is 2.26. The first kappa shape index (κ1) is 10.4. The van der Waals surface area contributed by atoms with Crippen LogP contribution in [0, 0.1) is 0 Å². The number of hydrogen-bond donors (Lipinski definition) is 3. The molecule has 1 aliphatic carbocycles. The highest BCUT2D eigenvalue weighted by Crippen LogP contribution is 2.17. The molecule has 2 amide bonds. The van der Waals surface area contributed by atoms with Crippen molar-refractivity contribution in [1.29, 1.82) is 0 Å². The van der Waals surface area contributed by atoms with Crippen LogP contribution in [0.15, 0.2) is 0 Å². The SMILES string of the molecule is NC1CCCC1NC(=O)C1CCC(=O)N1. The Balaban J connectivity index is 1.84. The van der Waals surface area contributed by atoms with Gasteiger partial charge in [0, 0.05) is 18.5 Å². The first-order chi connectivity index (χ1) is 7.16. The Hall–Kier alpha value is -1.10. The van der Waals surface area contributed by atoms with Crippen LogP contribution in [0.25, 0.3) is 0 Å². The molecular weight excluding hydrogens is 194 g/mol. The van der Waals surface area contributed by atoms with Crippen molar-refractivity contribution in [3.8, 4) is 0 Å². The number of carbonyl (C=O) groups is 2. The van der Waals surface area contributed by atoms with Gasteiger partial charge in [-0.3, -0.25) is 9.59 Å². The molecule has 1 saturated heterocycles. The molecule has 3 atom stereocenters. The molecule has 0 bridgehead atoms. The highest BCUT2D eigenvalue weighted by Gasteiger charge is 2.31. The van der Waals surface area contributed by atoms with Crippen LogP contribution in [0.3, 0.4) is 0 Å². The third-order valence-corrected chi connectivity index (χ3v) is 3.21. The average Bonchev–Trinajstić information content (AvgIpc) is 2.77. The highest BCUT2D eigenvalue weighted by atomic mass is 16.2. The van der Waals surface area contributed by atoms with E-state index in [-0.39, 0.29) is 29.9 Å². The monoisotopic (exact) mass is 211 g/mol. The van der Waals surface area contributed by atoms with E-state index in [0.29, 0.717) is 12.8 Å². The average molecular weight is 211 g/mol. The van der Waals surface area contributed by atoms with Crippen LogP contribution in [0.5, 0.6) is 0 Å². The van der Waals surface area contributed by atoms with Crippen molar-refractivity contribution in [3.05, 3.63) is 0 Å². The Kier molecular flexibility index (Phi) is 2.90. The van der Waals surface area contributed by atoms with Gasteiger partial charge in [-0.25, -0.2) is 0 Å². The summed E-state index contributed by atoms with van der Waals surface area (Å²) in [6.45, 7) is 0. The van der Waals surface area contributed by atoms with E-state index in [4.69, 9.17) is 5.73 Å². The number of rotatable bonds is 2. The quantitative estimate of drug-likeness (QED) is 0.562. The van der Waals surface area contributed by atoms with Crippen molar-refractivity contribution < 1.29 is 9.59 Å². The van der Waals surface area contributed by atoms with E-state index in [9.17, 15) is 9.59 Å². The molecule has 0 aromatic rings. The first-order valence-electron chi connectivity index (χ1n) is 5.52. The highest BCUT2D eigenvalue weighted by molar-refractivity contribution is 5.90. The van der Waals surface area contributed by atoms with Gasteiger partial charge in [0.25, 0.3) is 0 Å². The Labute approximate surface area is 88.8 Å². The lowest BCUT2D eigenvalue weighted by molar-refractivity contribution is -0.126. The van der Waals surface area contributed by atoms with E-state index < -0.39 is 0 Å². The predicted octanol–water partition coefficient (Wildman–Crippen LogP) is -0.739. The Morgan fingerprint density at radius 3 is 2.73 bits per heavy atom. The summed E-state index contributed by atoms with van der Waals surface area (Å²) in [5.74, 6) is -0.117. The van der Waals surface area contributed by atoms with Gasteiger partial charge in [0.2, 0.25) is 11.8 Å². The zero-order valence-electron chi connectivity index (χ0n) is 8.66. The molecule has 5 nitrogen and oxygen atoms in total. The standard InChI is InChI=1S/C10H17N3O2/c11-6-2-1-3-7(6)13-10(15)8-4-5-9(14)12-8/h6-8H,1-5,11H2,(H,12,14)(H,13,15). The second-order valence-corrected chi connectivity index (χ2v) is 4.37. The van der Waals surface area contributed by atoms with E-state index in [1.165, 1.54) is 0 Å². The van der Waals surface area contributed by atoms with E-state index in [1.54, 1.807) is 0 Å². The largest absolute Gasteiger partial charge is 0.350 e. The van der Waals surface area contributed by atoms with Crippen LogP contribution in [-0.2, 0) is 9.59 Å². The van der Waals surface area contributed by atoms with Crippen LogP contribution in [-0.4, -0.2) is 29.9 Å². The summed E-state index contributed by atoms with van der Waals surface area (Å²) in [6.07, 6.45) is 4.06. The van der Waals surface area contributed by atoms with Crippen molar-refractivity contribution in [3.63, 3.8) is 0 Å². The molecule has 4 N–H and O–H groups in total. The topological polar surface area (TPSA) is 84.2 Å². The molecule has 0 spiro atoms. The third-order valence-electron chi connectivity index (χ3n) is 3.21. The minimum absolute atomic E-state index is 0.0362. The molecule has 2 aliphatic rings. The number of amides is 2. The molecule has 5 heteroatoms. The van der Waals surface area contributed by atoms with Gasteiger partial charge in [-0.1, -0.05) is 0 Å². The van der Waals surface area contributed by atoms with Gasteiger partial charge in [0.05, 0.1) is 0 Å². The Morgan fingerprint density at radius 1 is 1.40 bits per heavy atom. The van der Waals surface area contributed by atoms with Gasteiger partial charge < -0.3 is 16.4 Å². The summed E-state index contributed by atoms with van der Waals surface area (Å²) < 4.78 is 0. The molecule has 1 heterocycles. The molecule has 2 rings (SSSR count). The number of nitrogens with one attached hydrogen (secondary N) is 2. The summed E-state index contributed by atoms with van der Waals surface area (Å²) in [5, 5.41) is 5.56.